The molecule has 54 heavy (non-hydrogen) atoms. The molecule has 0 bridgehead atoms. The molecule has 2 heteroatoms. The Hall–Kier alpha value is -7.16. The van der Waals surface area contributed by atoms with Crippen LogP contribution in [0.3, 0.4) is 0 Å². The summed E-state index contributed by atoms with van der Waals surface area (Å²) in [5.74, 6) is 0. The Morgan fingerprint density at radius 1 is 0.296 bits per heavy atom. The van der Waals surface area contributed by atoms with Crippen molar-refractivity contribution >= 4 is 54.3 Å². The smallest absolute Gasteiger partial charge is 0.0789 e. The van der Waals surface area contributed by atoms with E-state index >= 15 is 0 Å². The summed E-state index contributed by atoms with van der Waals surface area (Å²) in [4.78, 5) is 0. The lowest BCUT2D eigenvalue weighted by atomic mass is 9.93. The van der Waals surface area contributed by atoms with Gasteiger partial charge in [-0.2, -0.15) is 0 Å². The largest absolute Gasteiger partial charge is 0.307 e. The van der Waals surface area contributed by atoms with Crippen LogP contribution in [0.4, 0.5) is 0 Å². The first-order valence-corrected chi connectivity index (χ1v) is 18.6. The summed E-state index contributed by atoms with van der Waals surface area (Å²) in [5, 5.41) is 8.78. The quantitative estimate of drug-likeness (QED) is 0.160. The van der Waals surface area contributed by atoms with Crippen LogP contribution in [0.15, 0.2) is 206 Å². The second-order valence-electron chi connectivity index (χ2n) is 14.1. The molecule has 0 unspecified atom stereocenters. The third kappa shape index (κ3) is 4.60. The maximum absolute atomic E-state index is 2.50. The number of para-hydroxylation sites is 2. The first kappa shape index (κ1) is 30.5. The third-order valence-electron chi connectivity index (χ3n) is 11.1. The molecule has 11 aromatic rings. The molecular weight excluding hydrogens is 653 g/mol. The van der Waals surface area contributed by atoms with Crippen molar-refractivity contribution in [3.63, 3.8) is 0 Å². The Bertz CT molecular complexity index is 3170. The van der Waals surface area contributed by atoms with E-state index in [2.05, 4.69) is 215 Å². The summed E-state index contributed by atoms with van der Waals surface area (Å²) < 4.78 is 4.98. The number of fused-ring (bicyclic) bond motifs is 8. The average Bonchev–Trinajstić information content (AvgIpc) is 3.78. The van der Waals surface area contributed by atoms with Gasteiger partial charge < -0.3 is 9.13 Å². The maximum atomic E-state index is 2.50. The summed E-state index contributed by atoms with van der Waals surface area (Å²) >= 11 is 0. The standard InChI is InChI=1S/C52H34N2/c1-4-16-36(17-5-1)49-46-33-32-45-44-26-14-15-27-48(44)53(51(45)52(46)54(39-21-8-3-9-22-39)50(49)37-18-6-2-7-19-37)40-30-28-35(29-31-40)47-34-38-20-10-11-23-41(38)42-24-12-13-25-43(42)47/h1-34H. The molecule has 0 atom stereocenters. The van der Waals surface area contributed by atoms with Crippen LogP contribution in [0.2, 0.25) is 0 Å². The van der Waals surface area contributed by atoms with Gasteiger partial charge in [0.1, 0.15) is 0 Å². The van der Waals surface area contributed by atoms with E-state index in [0.717, 1.165) is 11.4 Å². The molecule has 0 spiro atoms. The van der Waals surface area contributed by atoms with Crippen LogP contribution < -0.4 is 0 Å². The number of nitrogens with zero attached hydrogens (tertiary/aromatic N) is 2. The van der Waals surface area contributed by atoms with Gasteiger partial charge in [-0.25, -0.2) is 0 Å². The minimum absolute atomic E-state index is 1.13. The second-order valence-corrected chi connectivity index (χ2v) is 14.1. The Labute approximate surface area is 313 Å². The van der Waals surface area contributed by atoms with Crippen LogP contribution >= 0.6 is 0 Å². The van der Waals surface area contributed by atoms with E-state index in [1.807, 2.05) is 0 Å². The van der Waals surface area contributed by atoms with Crippen LogP contribution in [0.25, 0.3) is 99.1 Å². The van der Waals surface area contributed by atoms with Gasteiger partial charge in [0.15, 0.2) is 0 Å². The molecule has 0 amide bonds. The molecule has 0 fully saturated rings. The lowest BCUT2D eigenvalue weighted by molar-refractivity contribution is 1.12. The zero-order valence-electron chi connectivity index (χ0n) is 29.5. The Morgan fingerprint density at radius 3 is 1.57 bits per heavy atom. The van der Waals surface area contributed by atoms with Gasteiger partial charge in [-0.1, -0.05) is 170 Å². The summed E-state index contributed by atoms with van der Waals surface area (Å²) in [5.41, 5.74) is 13.1. The molecule has 11 rings (SSSR count). The number of hydrogen-bond acceptors (Lipinski definition) is 0. The van der Waals surface area contributed by atoms with Crippen molar-refractivity contribution in [1.82, 2.24) is 9.13 Å². The lowest BCUT2D eigenvalue weighted by Gasteiger charge is -2.15. The van der Waals surface area contributed by atoms with Gasteiger partial charge in [0.25, 0.3) is 0 Å². The fraction of sp³-hybridized carbons (Fsp3) is 0. The highest BCUT2D eigenvalue weighted by Crippen LogP contribution is 2.47. The Kier molecular flexibility index (Phi) is 6.90. The third-order valence-corrected chi connectivity index (χ3v) is 11.1. The molecule has 2 nitrogen and oxygen atoms in total. The molecule has 0 saturated carbocycles. The zero-order valence-corrected chi connectivity index (χ0v) is 29.5. The van der Waals surface area contributed by atoms with Gasteiger partial charge in [-0.15, -0.1) is 0 Å². The van der Waals surface area contributed by atoms with E-state index in [1.54, 1.807) is 0 Å². The normalized spacial score (nSPS) is 11.7. The zero-order chi connectivity index (χ0) is 35.6. The van der Waals surface area contributed by atoms with Crippen LogP contribution in [-0.4, -0.2) is 9.13 Å². The summed E-state index contributed by atoms with van der Waals surface area (Å²) in [6.45, 7) is 0. The van der Waals surface area contributed by atoms with Gasteiger partial charge in [-0.05, 0) is 80.2 Å². The number of aromatic nitrogens is 2. The van der Waals surface area contributed by atoms with Crippen molar-refractivity contribution in [2.24, 2.45) is 0 Å². The van der Waals surface area contributed by atoms with Crippen molar-refractivity contribution < 1.29 is 0 Å². The number of rotatable bonds is 5. The highest BCUT2D eigenvalue weighted by molar-refractivity contribution is 6.22. The first-order chi connectivity index (χ1) is 26.8. The number of hydrogen-bond donors (Lipinski definition) is 0. The van der Waals surface area contributed by atoms with Crippen LogP contribution in [0.1, 0.15) is 0 Å². The molecule has 0 N–H and O–H groups in total. The van der Waals surface area contributed by atoms with Crippen LogP contribution in [-0.2, 0) is 0 Å². The van der Waals surface area contributed by atoms with E-state index in [9.17, 15) is 0 Å². The summed E-state index contributed by atoms with van der Waals surface area (Å²) in [7, 11) is 0. The Balaban J connectivity index is 1.24. The van der Waals surface area contributed by atoms with E-state index in [0.29, 0.717) is 0 Å². The Morgan fingerprint density at radius 2 is 0.833 bits per heavy atom. The number of benzene rings is 9. The van der Waals surface area contributed by atoms with Crippen molar-refractivity contribution in [3.8, 4) is 44.9 Å². The van der Waals surface area contributed by atoms with Gasteiger partial charge in [0.2, 0.25) is 0 Å². The predicted molar refractivity (Wildman–Crippen MR) is 229 cm³/mol. The van der Waals surface area contributed by atoms with Gasteiger partial charge in [-0.3, -0.25) is 0 Å². The van der Waals surface area contributed by atoms with Gasteiger partial charge in [0, 0.05) is 33.1 Å². The fourth-order valence-corrected chi connectivity index (χ4v) is 8.77. The fourth-order valence-electron chi connectivity index (χ4n) is 8.77. The second kappa shape index (κ2) is 12.2. The van der Waals surface area contributed by atoms with Gasteiger partial charge >= 0.3 is 0 Å². The predicted octanol–water partition coefficient (Wildman–Crippen LogP) is 14.0. The molecule has 9 aromatic carbocycles. The molecule has 2 heterocycles. The van der Waals surface area contributed by atoms with Crippen molar-refractivity contribution in [2.75, 3.05) is 0 Å². The highest BCUT2D eigenvalue weighted by Gasteiger charge is 2.26. The molecule has 0 aliphatic rings. The van der Waals surface area contributed by atoms with E-state index in [4.69, 9.17) is 0 Å². The average molecular weight is 687 g/mol. The van der Waals surface area contributed by atoms with Crippen LogP contribution in [0, 0.1) is 0 Å². The van der Waals surface area contributed by atoms with E-state index in [1.165, 1.54) is 87.8 Å². The maximum Gasteiger partial charge on any atom is 0.0789 e. The molecule has 0 saturated heterocycles. The first-order valence-electron chi connectivity index (χ1n) is 18.6. The topological polar surface area (TPSA) is 9.86 Å². The summed E-state index contributed by atoms with van der Waals surface area (Å²) in [6, 6.07) is 75.1. The molecule has 2 aromatic heterocycles. The monoisotopic (exact) mass is 686 g/mol. The molecule has 0 aliphatic carbocycles. The molecule has 0 radical (unpaired) electrons. The molecule has 252 valence electrons. The van der Waals surface area contributed by atoms with Crippen molar-refractivity contribution in [2.45, 2.75) is 0 Å². The van der Waals surface area contributed by atoms with E-state index in [-0.39, 0.29) is 0 Å². The molecular formula is C52H34N2. The minimum Gasteiger partial charge on any atom is -0.307 e. The highest BCUT2D eigenvalue weighted by atomic mass is 15.1. The molecule has 0 aliphatic heterocycles. The van der Waals surface area contributed by atoms with Crippen molar-refractivity contribution in [3.05, 3.63) is 206 Å². The summed E-state index contributed by atoms with van der Waals surface area (Å²) in [6.07, 6.45) is 0. The van der Waals surface area contributed by atoms with Crippen LogP contribution in [0.5, 0.6) is 0 Å². The van der Waals surface area contributed by atoms with Crippen molar-refractivity contribution in [1.29, 1.82) is 0 Å². The van der Waals surface area contributed by atoms with Gasteiger partial charge in [0.05, 0.1) is 22.2 Å². The minimum atomic E-state index is 1.13. The SMILES string of the molecule is c1ccc(-c2c(-c3ccccc3)n(-c3ccccc3)c3c2ccc2c4ccccc4n(-c4ccc(-c5cc6ccccc6c6ccccc56)cc4)c23)cc1. The van der Waals surface area contributed by atoms with E-state index < -0.39 is 0 Å². The lowest BCUT2D eigenvalue weighted by Crippen LogP contribution is -2.00.